The van der Waals surface area contributed by atoms with Crippen molar-refractivity contribution >= 4 is 11.6 Å². The van der Waals surface area contributed by atoms with Gasteiger partial charge in [0.05, 0.1) is 6.04 Å². The quantitative estimate of drug-likeness (QED) is 0.884. The minimum absolute atomic E-state index is 0.302. The van der Waals surface area contributed by atoms with Gasteiger partial charge < -0.3 is 15.1 Å². The number of aromatic nitrogens is 2. The van der Waals surface area contributed by atoms with E-state index >= 15 is 0 Å². The van der Waals surface area contributed by atoms with Crippen LogP contribution in [0.3, 0.4) is 0 Å². The number of rotatable bonds is 6. The van der Waals surface area contributed by atoms with E-state index in [-0.39, 0.29) is 0 Å². The summed E-state index contributed by atoms with van der Waals surface area (Å²) in [6.45, 7) is 5.13. The van der Waals surface area contributed by atoms with Gasteiger partial charge in [-0.25, -0.2) is 9.97 Å². The lowest BCUT2D eigenvalue weighted by Gasteiger charge is -2.25. The first-order valence-corrected chi connectivity index (χ1v) is 8.67. The molecule has 1 saturated heterocycles. The molecule has 1 aliphatic heterocycles. The fourth-order valence-corrected chi connectivity index (χ4v) is 3.15. The van der Waals surface area contributed by atoms with Gasteiger partial charge in [-0.05, 0) is 39.4 Å². The van der Waals surface area contributed by atoms with Crippen LogP contribution in [-0.2, 0) is 0 Å². The SMILES string of the molecule is Cc1ccc(C(CNc2cc(N3CCCC3)ncn2)N(C)C)cc1. The smallest absolute Gasteiger partial charge is 0.134 e. The topological polar surface area (TPSA) is 44.3 Å². The summed E-state index contributed by atoms with van der Waals surface area (Å²) >= 11 is 0. The maximum atomic E-state index is 4.42. The van der Waals surface area contributed by atoms with Crippen molar-refractivity contribution in [1.29, 1.82) is 0 Å². The van der Waals surface area contributed by atoms with Crippen molar-refractivity contribution in [2.24, 2.45) is 0 Å². The second-order valence-electron chi connectivity index (χ2n) is 6.73. The molecule has 0 saturated carbocycles. The van der Waals surface area contributed by atoms with Gasteiger partial charge in [0.25, 0.3) is 0 Å². The molecule has 0 radical (unpaired) electrons. The number of aryl methyl sites for hydroxylation is 1. The lowest BCUT2D eigenvalue weighted by atomic mass is 10.0. The molecule has 2 aromatic rings. The van der Waals surface area contributed by atoms with Crippen LogP contribution in [0.5, 0.6) is 0 Å². The van der Waals surface area contributed by atoms with Crippen LogP contribution >= 0.6 is 0 Å². The van der Waals surface area contributed by atoms with E-state index in [1.165, 1.54) is 24.0 Å². The summed E-state index contributed by atoms with van der Waals surface area (Å²) in [5, 5.41) is 3.48. The summed E-state index contributed by atoms with van der Waals surface area (Å²) in [4.78, 5) is 13.4. The van der Waals surface area contributed by atoms with Gasteiger partial charge in [-0.3, -0.25) is 0 Å². The Morgan fingerprint density at radius 2 is 1.83 bits per heavy atom. The Hall–Kier alpha value is -2.14. The first-order valence-electron chi connectivity index (χ1n) is 8.67. The summed E-state index contributed by atoms with van der Waals surface area (Å²) in [5.41, 5.74) is 2.60. The number of hydrogen-bond acceptors (Lipinski definition) is 5. The zero-order valence-corrected chi connectivity index (χ0v) is 14.9. The standard InChI is InChI=1S/C19H27N5/c1-15-6-8-16(9-7-15)17(23(2)3)13-20-18-12-19(22-14-21-18)24-10-4-5-11-24/h6-9,12,14,17H,4-5,10-11,13H2,1-3H3,(H,20,21,22). The molecule has 0 spiro atoms. The van der Waals surface area contributed by atoms with E-state index in [2.05, 4.69) is 76.4 Å². The number of nitrogens with zero attached hydrogens (tertiary/aromatic N) is 4. The van der Waals surface area contributed by atoms with Gasteiger partial charge >= 0.3 is 0 Å². The van der Waals surface area contributed by atoms with Gasteiger partial charge in [-0.15, -0.1) is 0 Å². The van der Waals surface area contributed by atoms with Crippen molar-refractivity contribution in [2.75, 3.05) is 43.9 Å². The second kappa shape index (κ2) is 7.62. The average molecular weight is 325 g/mol. The highest BCUT2D eigenvalue weighted by molar-refractivity contribution is 5.49. The third-order valence-corrected chi connectivity index (χ3v) is 4.64. The molecule has 5 nitrogen and oxygen atoms in total. The van der Waals surface area contributed by atoms with Crippen LogP contribution in [0.15, 0.2) is 36.7 Å². The van der Waals surface area contributed by atoms with Gasteiger partial charge in [-0.2, -0.15) is 0 Å². The van der Waals surface area contributed by atoms with Gasteiger partial charge in [-0.1, -0.05) is 29.8 Å². The molecule has 1 aromatic heterocycles. The minimum atomic E-state index is 0.302. The first-order chi connectivity index (χ1) is 11.6. The van der Waals surface area contributed by atoms with Gasteiger partial charge in [0.15, 0.2) is 0 Å². The first kappa shape index (κ1) is 16.7. The van der Waals surface area contributed by atoms with Crippen molar-refractivity contribution in [2.45, 2.75) is 25.8 Å². The van der Waals surface area contributed by atoms with E-state index < -0.39 is 0 Å². The fraction of sp³-hybridized carbons (Fsp3) is 0.474. The molecule has 24 heavy (non-hydrogen) atoms. The van der Waals surface area contributed by atoms with Crippen LogP contribution < -0.4 is 10.2 Å². The van der Waals surface area contributed by atoms with Gasteiger partial charge in [0.1, 0.15) is 18.0 Å². The average Bonchev–Trinajstić information content (AvgIpc) is 3.11. The molecule has 1 aromatic carbocycles. The Bertz CT molecular complexity index is 647. The predicted octanol–water partition coefficient (Wildman–Crippen LogP) is 3.10. The maximum Gasteiger partial charge on any atom is 0.134 e. The monoisotopic (exact) mass is 325 g/mol. The molecule has 1 aliphatic rings. The van der Waals surface area contributed by atoms with Crippen LogP contribution in [0.2, 0.25) is 0 Å². The Balaban J connectivity index is 1.68. The molecule has 0 amide bonds. The zero-order chi connectivity index (χ0) is 16.9. The van der Waals surface area contributed by atoms with E-state index in [0.717, 1.165) is 31.3 Å². The molecular formula is C19H27N5. The van der Waals surface area contributed by atoms with Crippen LogP contribution in [0.25, 0.3) is 0 Å². The molecule has 0 aliphatic carbocycles. The Kier molecular flexibility index (Phi) is 5.30. The molecule has 128 valence electrons. The van der Waals surface area contributed by atoms with E-state index in [1.54, 1.807) is 6.33 Å². The Labute approximate surface area is 144 Å². The molecule has 1 fully saturated rings. The van der Waals surface area contributed by atoms with Crippen molar-refractivity contribution in [3.63, 3.8) is 0 Å². The molecule has 5 heteroatoms. The summed E-state index contributed by atoms with van der Waals surface area (Å²) in [5.74, 6) is 1.92. The molecule has 1 atom stereocenters. The Morgan fingerprint density at radius 3 is 2.50 bits per heavy atom. The fourth-order valence-electron chi connectivity index (χ4n) is 3.15. The van der Waals surface area contributed by atoms with Crippen LogP contribution in [-0.4, -0.2) is 48.6 Å². The van der Waals surface area contributed by atoms with E-state index in [1.807, 2.05) is 0 Å². The molecular weight excluding hydrogens is 298 g/mol. The molecule has 0 bridgehead atoms. The van der Waals surface area contributed by atoms with Crippen molar-refractivity contribution < 1.29 is 0 Å². The lowest BCUT2D eigenvalue weighted by Crippen LogP contribution is -2.27. The van der Waals surface area contributed by atoms with Crippen molar-refractivity contribution in [3.05, 3.63) is 47.8 Å². The highest BCUT2D eigenvalue weighted by atomic mass is 15.2. The summed E-state index contributed by atoms with van der Waals surface area (Å²) in [6, 6.07) is 11.1. The second-order valence-corrected chi connectivity index (χ2v) is 6.73. The number of hydrogen-bond donors (Lipinski definition) is 1. The van der Waals surface area contributed by atoms with Crippen molar-refractivity contribution in [3.8, 4) is 0 Å². The van der Waals surface area contributed by atoms with Gasteiger partial charge in [0, 0.05) is 25.7 Å². The number of likely N-dealkylation sites (N-methyl/N-ethyl adjacent to an activating group) is 1. The molecule has 3 rings (SSSR count). The van der Waals surface area contributed by atoms with E-state index in [0.29, 0.717) is 6.04 Å². The molecule has 1 N–H and O–H groups in total. The predicted molar refractivity (Wildman–Crippen MR) is 99.6 cm³/mol. The highest BCUT2D eigenvalue weighted by Crippen LogP contribution is 2.22. The third kappa shape index (κ3) is 4.03. The van der Waals surface area contributed by atoms with Crippen LogP contribution in [0.4, 0.5) is 11.6 Å². The van der Waals surface area contributed by atoms with E-state index in [4.69, 9.17) is 0 Å². The minimum Gasteiger partial charge on any atom is -0.368 e. The zero-order valence-electron chi connectivity index (χ0n) is 14.9. The van der Waals surface area contributed by atoms with Gasteiger partial charge in [0.2, 0.25) is 0 Å². The molecule has 1 unspecified atom stereocenters. The maximum absolute atomic E-state index is 4.42. The lowest BCUT2D eigenvalue weighted by molar-refractivity contribution is 0.311. The Morgan fingerprint density at radius 1 is 1.12 bits per heavy atom. The number of nitrogens with one attached hydrogen (secondary N) is 1. The largest absolute Gasteiger partial charge is 0.368 e. The third-order valence-electron chi connectivity index (χ3n) is 4.64. The summed E-state index contributed by atoms with van der Waals surface area (Å²) < 4.78 is 0. The molecule has 2 heterocycles. The van der Waals surface area contributed by atoms with E-state index in [9.17, 15) is 0 Å². The van der Waals surface area contributed by atoms with Crippen molar-refractivity contribution in [1.82, 2.24) is 14.9 Å². The normalized spacial score (nSPS) is 15.8. The number of anilines is 2. The van der Waals surface area contributed by atoms with Crippen LogP contribution in [0, 0.1) is 6.92 Å². The van der Waals surface area contributed by atoms with Crippen LogP contribution in [0.1, 0.15) is 30.0 Å². The number of benzene rings is 1. The summed E-state index contributed by atoms with van der Waals surface area (Å²) in [6.07, 6.45) is 4.16. The summed E-state index contributed by atoms with van der Waals surface area (Å²) in [7, 11) is 4.23. The highest BCUT2D eigenvalue weighted by Gasteiger charge is 2.16.